The minimum absolute atomic E-state index is 0.0779. The highest BCUT2D eigenvalue weighted by Gasteiger charge is 2.14. The molecule has 0 fully saturated rings. The maximum atomic E-state index is 12.2. The zero-order valence-electron chi connectivity index (χ0n) is 10.9. The van der Waals surface area contributed by atoms with Crippen molar-refractivity contribution in [2.45, 2.75) is 0 Å². The first-order valence-electron chi connectivity index (χ1n) is 5.98. The first-order valence-corrected chi connectivity index (χ1v) is 6.36. The first kappa shape index (κ1) is 13.3. The van der Waals surface area contributed by atoms with Crippen molar-refractivity contribution in [3.8, 4) is 5.69 Å². The molecule has 0 aliphatic carbocycles. The van der Waals surface area contributed by atoms with Gasteiger partial charge in [-0.15, -0.1) is 0 Å². The number of halogens is 1. The molecule has 2 heterocycles. The van der Waals surface area contributed by atoms with Crippen LogP contribution in [0.4, 0.5) is 5.69 Å². The summed E-state index contributed by atoms with van der Waals surface area (Å²) < 4.78 is 2.71. The Morgan fingerprint density at radius 1 is 1.33 bits per heavy atom. The zero-order chi connectivity index (χ0) is 15.1. The van der Waals surface area contributed by atoms with Gasteiger partial charge in [-0.3, -0.25) is 14.3 Å². The van der Waals surface area contributed by atoms with E-state index in [2.05, 4.69) is 10.2 Å². The highest BCUT2D eigenvalue weighted by molar-refractivity contribution is 6.33. The fraction of sp³-hybridized carbons (Fsp3) is 0.0769. The van der Waals surface area contributed by atoms with Gasteiger partial charge < -0.3 is 5.73 Å². The summed E-state index contributed by atoms with van der Waals surface area (Å²) in [6, 6.07) is 5.16. The van der Waals surface area contributed by atoms with Gasteiger partial charge in [-0.25, -0.2) is 0 Å². The topological polar surface area (TPSA) is 95.8 Å². The van der Waals surface area contributed by atoms with E-state index in [1.165, 1.54) is 0 Å². The molecule has 0 aliphatic heterocycles. The van der Waals surface area contributed by atoms with Crippen LogP contribution in [0.3, 0.4) is 0 Å². The highest BCUT2D eigenvalue weighted by atomic mass is 35.5. The Kier molecular flexibility index (Phi) is 2.99. The van der Waals surface area contributed by atoms with Gasteiger partial charge in [-0.05, 0) is 18.2 Å². The molecule has 3 aromatic rings. The average Bonchev–Trinajstić information content (AvgIpc) is 2.84. The molecule has 2 N–H and O–H groups in total. The molecule has 0 saturated heterocycles. The largest absolute Gasteiger partial charge is 0.395 e. The third-order valence-corrected chi connectivity index (χ3v) is 3.42. The Morgan fingerprint density at radius 3 is 2.81 bits per heavy atom. The van der Waals surface area contributed by atoms with Gasteiger partial charge in [-0.2, -0.15) is 14.9 Å². The van der Waals surface area contributed by atoms with Crippen molar-refractivity contribution in [3.05, 3.63) is 45.5 Å². The number of fused-ring (bicyclic) bond motifs is 1. The number of anilines is 1. The van der Waals surface area contributed by atoms with Gasteiger partial charge in [0.25, 0.3) is 5.56 Å². The van der Waals surface area contributed by atoms with Crippen LogP contribution in [-0.4, -0.2) is 25.8 Å². The summed E-state index contributed by atoms with van der Waals surface area (Å²) in [5.41, 5.74) is 6.07. The molecular weight excluding hydrogens is 294 g/mol. The number of nitrogen functional groups attached to an aromatic ring is 1. The monoisotopic (exact) mass is 303 g/mol. The predicted octanol–water partition coefficient (Wildman–Crippen LogP) is 1.17. The van der Waals surface area contributed by atoms with E-state index in [1.54, 1.807) is 29.9 Å². The van der Waals surface area contributed by atoms with Crippen molar-refractivity contribution in [2.75, 3.05) is 5.73 Å². The summed E-state index contributed by atoms with van der Waals surface area (Å²) in [4.78, 5) is 23.1. The molecule has 0 unspecified atom stereocenters. The number of aldehydes is 1. The third kappa shape index (κ3) is 2.07. The zero-order valence-corrected chi connectivity index (χ0v) is 11.7. The average molecular weight is 304 g/mol. The van der Waals surface area contributed by atoms with Crippen molar-refractivity contribution >= 4 is 34.5 Å². The number of nitrogens with zero attached hydrogens (tertiary/aromatic N) is 4. The number of rotatable bonds is 2. The minimum Gasteiger partial charge on any atom is -0.395 e. The predicted molar refractivity (Wildman–Crippen MR) is 78.9 cm³/mol. The first-order chi connectivity index (χ1) is 10.0. The Balaban J connectivity index is 2.29. The second-order valence-corrected chi connectivity index (χ2v) is 4.87. The van der Waals surface area contributed by atoms with Crippen molar-refractivity contribution in [1.29, 1.82) is 0 Å². The number of hydrogen-bond acceptors (Lipinski definition) is 5. The van der Waals surface area contributed by atoms with Gasteiger partial charge in [0.2, 0.25) is 0 Å². The van der Waals surface area contributed by atoms with Crippen LogP contribution in [0.25, 0.3) is 16.6 Å². The number of carbonyl (C=O) groups is 1. The van der Waals surface area contributed by atoms with E-state index in [-0.39, 0.29) is 16.4 Å². The quantitative estimate of drug-likeness (QED) is 0.717. The van der Waals surface area contributed by atoms with Crippen LogP contribution >= 0.6 is 11.6 Å². The van der Waals surface area contributed by atoms with Crippen LogP contribution in [0.2, 0.25) is 5.02 Å². The molecule has 21 heavy (non-hydrogen) atoms. The molecule has 2 aromatic heterocycles. The van der Waals surface area contributed by atoms with Gasteiger partial charge in [0.05, 0.1) is 16.9 Å². The van der Waals surface area contributed by atoms with Crippen molar-refractivity contribution < 1.29 is 4.79 Å². The van der Waals surface area contributed by atoms with Gasteiger partial charge in [0, 0.05) is 18.6 Å². The lowest BCUT2D eigenvalue weighted by atomic mass is 10.2. The minimum atomic E-state index is -0.581. The van der Waals surface area contributed by atoms with E-state index in [0.717, 1.165) is 15.6 Å². The van der Waals surface area contributed by atoms with E-state index in [4.69, 9.17) is 17.3 Å². The highest BCUT2D eigenvalue weighted by Crippen LogP contribution is 2.19. The normalized spacial score (nSPS) is 11.0. The van der Waals surface area contributed by atoms with Crippen LogP contribution in [0.1, 0.15) is 10.5 Å². The molecule has 0 bridgehead atoms. The number of aryl methyl sites for hydroxylation is 1. The lowest BCUT2D eigenvalue weighted by Gasteiger charge is -2.08. The van der Waals surface area contributed by atoms with E-state index < -0.39 is 5.56 Å². The molecule has 0 amide bonds. The number of nitrogens with two attached hydrogens (primary N) is 1. The molecule has 8 heteroatoms. The fourth-order valence-corrected chi connectivity index (χ4v) is 2.23. The molecule has 0 aliphatic rings. The summed E-state index contributed by atoms with van der Waals surface area (Å²) in [5, 5.41) is 8.79. The summed E-state index contributed by atoms with van der Waals surface area (Å²) in [5.74, 6) is 0. The lowest BCUT2D eigenvalue weighted by molar-refractivity contribution is 0.111. The molecule has 0 atom stereocenters. The number of carbonyl (C=O) groups excluding carboxylic acids is 1. The maximum Gasteiger partial charge on any atom is 0.292 e. The summed E-state index contributed by atoms with van der Waals surface area (Å²) in [6.07, 6.45) is 2.27. The Morgan fingerprint density at radius 2 is 2.10 bits per heavy atom. The third-order valence-electron chi connectivity index (χ3n) is 3.06. The van der Waals surface area contributed by atoms with E-state index >= 15 is 0 Å². The number of hydrogen-bond donors (Lipinski definition) is 1. The van der Waals surface area contributed by atoms with Crippen molar-refractivity contribution in [3.63, 3.8) is 0 Å². The Bertz CT molecular complexity index is 928. The molecule has 106 valence electrons. The van der Waals surface area contributed by atoms with Gasteiger partial charge in [-0.1, -0.05) is 11.6 Å². The van der Waals surface area contributed by atoms with Crippen LogP contribution in [0.5, 0.6) is 0 Å². The second kappa shape index (κ2) is 4.71. The maximum absolute atomic E-state index is 12.2. The standard InChI is InChI=1S/C13H10ClN5O2/c1-18-5-7-4-8(2-3-9(7)16-18)19-13(21)11(14)12(15)10(6-20)17-19/h2-6H,15H2,1H3. The SMILES string of the molecule is Cn1cc2cc(-n3nc(C=O)c(N)c(Cl)c3=O)ccc2n1. The Hall–Kier alpha value is -2.67. The fourth-order valence-electron chi connectivity index (χ4n) is 2.06. The van der Waals surface area contributed by atoms with Crippen LogP contribution in [0.15, 0.2) is 29.2 Å². The van der Waals surface area contributed by atoms with Gasteiger partial charge >= 0.3 is 0 Å². The molecule has 0 radical (unpaired) electrons. The van der Waals surface area contributed by atoms with Crippen LogP contribution < -0.4 is 11.3 Å². The van der Waals surface area contributed by atoms with E-state index in [1.807, 2.05) is 6.20 Å². The van der Waals surface area contributed by atoms with Crippen molar-refractivity contribution in [2.24, 2.45) is 7.05 Å². The van der Waals surface area contributed by atoms with Crippen LogP contribution in [0, 0.1) is 0 Å². The molecule has 0 spiro atoms. The number of aromatic nitrogens is 4. The lowest BCUT2D eigenvalue weighted by Crippen LogP contribution is -2.24. The van der Waals surface area contributed by atoms with Gasteiger partial charge in [0.1, 0.15) is 10.7 Å². The number of benzene rings is 1. The van der Waals surface area contributed by atoms with Gasteiger partial charge in [0.15, 0.2) is 6.29 Å². The second-order valence-electron chi connectivity index (χ2n) is 4.49. The Labute approximate surface area is 123 Å². The van der Waals surface area contributed by atoms with E-state index in [0.29, 0.717) is 12.0 Å². The smallest absolute Gasteiger partial charge is 0.292 e. The molecule has 3 rings (SSSR count). The molecule has 7 nitrogen and oxygen atoms in total. The molecule has 1 aromatic carbocycles. The molecule has 0 saturated carbocycles. The van der Waals surface area contributed by atoms with E-state index in [9.17, 15) is 9.59 Å². The summed E-state index contributed by atoms with van der Waals surface area (Å²) in [6.45, 7) is 0. The van der Waals surface area contributed by atoms with Crippen molar-refractivity contribution in [1.82, 2.24) is 19.6 Å². The summed E-state index contributed by atoms with van der Waals surface area (Å²) >= 11 is 5.87. The van der Waals surface area contributed by atoms with Crippen LogP contribution in [-0.2, 0) is 7.05 Å². The summed E-state index contributed by atoms with van der Waals surface area (Å²) in [7, 11) is 1.80. The molecular formula is C13H10ClN5O2.